The van der Waals surface area contributed by atoms with Crippen LogP contribution in [0.4, 0.5) is 5.69 Å². The fraction of sp³-hybridized carbons (Fsp3) is 0.381. The van der Waals surface area contributed by atoms with Crippen molar-refractivity contribution >= 4 is 11.6 Å². The first-order valence-corrected chi connectivity index (χ1v) is 10.2. The Labute approximate surface area is 180 Å². The van der Waals surface area contributed by atoms with E-state index in [4.69, 9.17) is 0 Å². The lowest BCUT2D eigenvalue weighted by Gasteiger charge is -2.34. The van der Waals surface area contributed by atoms with Crippen LogP contribution in [0.15, 0.2) is 47.8 Å². The first kappa shape index (κ1) is 20.9. The van der Waals surface area contributed by atoms with Gasteiger partial charge in [-0.25, -0.2) is 14.3 Å². The number of hydrogen-bond donors (Lipinski definition) is 1. The lowest BCUT2D eigenvalue weighted by molar-refractivity contribution is -0.117. The lowest BCUT2D eigenvalue weighted by atomic mass is 10.1. The van der Waals surface area contributed by atoms with Gasteiger partial charge >= 0.3 is 0 Å². The van der Waals surface area contributed by atoms with Crippen molar-refractivity contribution in [2.24, 2.45) is 0 Å². The number of rotatable bonds is 6. The van der Waals surface area contributed by atoms with Gasteiger partial charge in [-0.15, -0.1) is 5.10 Å². The Bertz CT molecular complexity index is 1100. The largest absolute Gasteiger partial charge is 0.325 e. The third-order valence-electron chi connectivity index (χ3n) is 5.55. The van der Waals surface area contributed by atoms with Crippen molar-refractivity contribution in [1.82, 2.24) is 34.3 Å². The minimum atomic E-state index is -0.167. The summed E-state index contributed by atoms with van der Waals surface area (Å²) >= 11 is 0. The van der Waals surface area contributed by atoms with Gasteiger partial charge < -0.3 is 5.32 Å². The van der Waals surface area contributed by atoms with Gasteiger partial charge in [0.15, 0.2) is 5.82 Å². The Morgan fingerprint density at radius 3 is 2.58 bits per heavy atom. The van der Waals surface area contributed by atoms with Gasteiger partial charge in [-0.05, 0) is 37.1 Å². The number of nitrogens with zero attached hydrogens (tertiary/aromatic N) is 7. The Morgan fingerprint density at radius 1 is 1.06 bits per heavy atom. The summed E-state index contributed by atoms with van der Waals surface area (Å²) in [7, 11) is 0. The SMILES string of the molecule is Cc1cccc(NC(=O)CN2CCN(Cn3nc(-n4cncn4)ccc3=O)CC2)c1C. The number of aromatic nitrogens is 5. The van der Waals surface area contributed by atoms with E-state index in [1.165, 1.54) is 21.8 Å². The molecular formula is C21H26N8O2. The summed E-state index contributed by atoms with van der Waals surface area (Å²) in [4.78, 5) is 32.9. The molecule has 4 rings (SSSR count). The highest BCUT2D eigenvalue weighted by atomic mass is 16.2. The van der Waals surface area contributed by atoms with Crippen LogP contribution in [-0.2, 0) is 11.5 Å². The van der Waals surface area contributed by atoms with Crippen molar-refractivity contribution in [3.05, 3.63) is 64.5 Å². The van der Waals surface area contributed by atoms with Gasteiger partial charge in [0.25, 0.3) is 5.56 Å². The van der Waals surface area contributed by atoms with E-state index in [0.29, 0.717) is 19.0 Å². The Hall–Kier alpha value is -3.37. The van der Waals surface area contributed by atoms with Crippen molar-refractivity contribution in [3.63, 3.8) is 0 Å². The summed E-state index contributed by atoms with van der Waals surface area (Å²) in [6.45, 7) is 7.78. The van der Waals surface area contributed by atoms with Crippen LogP contribution in [0, 0.1) is 13.8 Å². The molecule has 0 saturated carbocycles. The highest BCUT2D eigenvalue weighted by molar-refractivity contribution is 5.93. The average Bonchev–Trinajstić information content (AvgIpc) is 3.29. The maximum Gasteiger partial charge on any atom is 0.268 e. The number of nitrogens with one attached hydrogen (secondary N) is 1. The number of piperazine rings is 1. The van der Waals surface area contributed by atoms with Crippen LogP contribution in [0.2, 0.25) is 0 Å². The molecule has 1 aromatic carbocycles. The maximum atomic E-state index is 12.5. The predicted octanol–water partition coefficient (Wildman–Crippen LogP) is 0.655. The maximum absolute atomic E-state index is 12.5. The standard InChI is InChI=1S/C21H26N8O2/c1-16-4-3-5-18(17(16)2)24-20(30)12-26-8-10-27(11-9-26)15-29-21(31)7-6-19(25-29)28-14-22-13-23-28/h3-7,13-14H,8-12,15H2,1-2H3,(H,24,30). The van der Waals surface area contributed by atoms with Crippen molar-refractivity contribution in [1.29, 1.82) is 0 Å². The second-order valence-electron chi connectivity index (χ2n) is 7.70. The molecule has 162 valence electrons. The van der Waals surface area contributed by atoms with Gasteiger partial charge in [-0.1, -0.05) is 12.1 Å². The van der Waals surface area contributed by atoms with Gasteiger partial charge in [-0.2, -0.15) is 5.10 Å². The number of carbonyl (C=O) groups excluding carboxylic acids is 1. The second kappa shape index (κ2) is 9.19. The zero-order valence-corrected chi connectivity index (χ0v) is 17.7. The molecule has 1 amide bonds. The van der Waals surface area contributed by atoms with Crippen LogP contribution in [-0.4, -0.2) is 73.0 Å². The first-order valence-electron chi connectivity index (χ1n) is 10.2. The van der Waals surface area contributed by atoms with Gasteiger partial charge in [0.2, 0.25) is 5.91 Å². The predicted molar refractivity (Wildman–Crippen MR) is 116 cm³/mol. The van der Waals surface area contributed by atoms with Crippen LogP contribution in [0.1, 0.15) is 11.1 Å². The summed E-state index contributed by atoms with van der Waals surface area (Å²) in [5, 5.41) is 11.4. The summed E-state index contributed by atoms with van der Waals surface area (Å²) < 4.78 is 2.95. The summed E-state index contributed by atoms with van der Waals surface area (Å²) in [5.74, 6) is 0.527. The molecule has 1 saturated heterocycles. The van der Waals surface area contributed by atoms with Crippen molar-refractivity contribution in [2.75, 3.05) is 38.0 Å². The molecular weight excluding hydrogens is 396 g/mol. The Balaban J connectivity index is 1.30. The van der Waals surface area contributed by atoms with E-state index < -0.39 is 0 Å². The highest BCUT2D eigenvalue weighted by Gasteiger charge is 2.20. The van der Waals surface area contributed by atoms with Crippen LogP contribution < -0.4 is 10.9 Å². The molecule has 2 aromatic heterocycles. The second-order valence-corrected chi connectivity index (χ2v) is 7.70. The molecule has 0 atom stereocenters. The number of anilines is 1. The third-order valence-corrected chi connectivity index (χ3v) is 5.55. The van der Waals surface area contributed by atoms with Crippen molar-refractivity contribution < 1.29 is 4.79 Å². The molecule has 10 heteroatoms. The molecule has 0 spiro atoms. The van der Waals surface area contributed by atoms with E-state index in [-0.39, 0.29) is 11.5 Å². The summed E-state index contributed by atoms with van der Waals surface area (Å²) in [5.41, 5.74) is 2.94. The molecule has 3 aromatic rings. The topological polar surface area (TPSA) is 101 Å². The van der Waals surface area contributed by atoms with E-state index in [9.17, 15) is 9.59 Å². The van der Waals surface area contributed by atoms with Gasteiger partial charge in [0.05, 0.1) is 13.2 Å². The number of aryl methyl sites for hydroxylation is 1. The minimum Gasteiger partial charge on any atom is -0.325 e. The normalized spacial score (nSPS) is 15.2. The van der Waals surface area contributed by atoms with E-state index in [2.05, 4.69) is 30.3 Å². The fourth-order valence-corrected chi connectivity index (χ4v) is 3.55. The average molecular weight is 422 g/mol. The molecule has 3 heterocycles. The Morgan fingerprint density at radius 2 is 1.84 bits per heavy atom. The Kier molecular flexibility index (Phi) is 6.19. The molecule has 1 aliphatic rings. The molecule has 31 heavy (non-hydrogen) atoms. The fourth-order valence-electron chi connectivity index (χ4n) is 3.55. The van der Waals surface area contributed by atoms with Gasteiger partial charge in [0.1, 0.15) is 12.7 Å². The van der Waals surface area contributed by atoms with E-state index in [1.54, 1.807) is 12.4 Å². The molecule has 0 aliphatic carbocycles. The summed E-state index contributed by atoms with van der Waals surface area (Å²) in [6.07, 6.45) is 2.96. The third kappa shape index (κ3) is 5.04. The zero-order valence-electron chi connectivity index (χ0n) is 17.7. The van der Waals surface area contributed by atoms with Crippen LogP contribution >= 0.6 is 0 Å². The molecule has 0 bridgehead atoms. The highest BCUT2D eigenvalue weighted by Crippen LogP contribution is 2.18. The van der Waals surface area contributed by atoms with Crippen molar-refractivity contribution in [3.8, 4) is 5.82 Å². The molecule has 1 fully saturated rings. The molecule has 0 unspecified atom stereocenters. The lowest BCUT2D eigenvalue weighted by Crippen LogP contribution is -2.49. The van der Waals surface area contributed by atoms with E-state index in [1.807, 2.05) is 32.0 Å². The molecule has 1 N–H and O–H groups in total. The van der Waals surface area contributed by atoms with E-state index >= 15 is 0 Å². The van der Waals surface area contributed by atoms with Crippen LogP contribution in [0.5, 0.6) is 0 Å². The monoisotopic (exact) mass is 422 g/mol. The number of hydrogen-bond acceptors (Lipinski definition) is 7. The van der Waals surface area contributed by atoms with Crippen molar-refractivity contribution in [2.45, 2.75) is 20.5 Å². The van der Waals surface area contributed by atoms with Crippen LogP contribution in [0.3, 0.4) is 0 Å². The minimum absolute atomic E-state index is 0.0134. The quantitative estimate of drug-likeness (QED) is 0.623. The first-order chi connectivity index (χ1) is 15.0. The molecule has 10 nitrogen and oxygen atoms in total. The van der Waals surface area contributed by atoms with Gasteiger partial charge in [-0.3, -0.25) is 19.4 Å². The molecule has 0 radical (unpaired) electrons. The van der Waals surface area contributed by atoms with Gasteiger partial charge in [0, 0.05) is 37.9 Å². The van der Waals surface area contributed by atoms with Crippen LogP contribution in [0.25, 0.3) is 5.82 Å². The van der Waals surface area contributed by atoms with E-state index in [0.717, 1.165) is 43.0 Å². The smallest absolute Gasteiger partial charge is 0.268 e. The summed E-state index contributed by atoms with van der Waals surface area (Å²) in [6, 6.07) is 9.02. The number of carbonyl (C=O) groups is 1. The number of benzene rings is 1. The zero-order chi connectivity index (χ0) is 21.8. The molecule has 1 aliphatic heterocycles. The number of amides is 1.